The molecular formula is C10H16FN3O4S. The molecule has 3 N–H and O–H groups in total. The third-order valence-corrected chi connectivity index (χ3v) is 4.95. The first-order valence-electron chi connectivity index (χ1n) is 5.59. The smallest absolute Gasteiger partial charge is 0.272 e. The molecule has 1 amide bonds. The van der Waals surface area contributed by atoms with E-state index in [2.05, 4.69) is 0 Å². The summed E-state index contributed by atoms with van der Waals surface area (Å²) in [4.78, 5) is 13.0. The van der Waals surface area contributed by atoms with E-state index in [9.17, 15) is 17.6 Å². The lowest BCUT2D eigenvalue weighted by atomic mass is 10.0. The number of alkyl halides is 1. The summed E-state index contributed by atoms with van der Waals surface area (Å²) in [6.45, 7) is 1.89. The van der Waals surface area contributed by atoms with Gasteiger partial charge in [-0.3, -0.25) is 9.35 Å². The van der Waals surface area contributed by atoms with Gasteiger partial charge in [-0.05, 0) is 13.8 Å². The van der Waals surface area contributed by atoms with Crippen LogP contribution in [0, 0.1) is 11.3 Å². The van der Waals surface area contributed by atoms with Crippen LogP contribution in [0.4, 0.5) is 4.39 Å². The van der Waals surface area contributed by atoms with E-state index in [1.54, 1.807) is 6.07 Å². The average molecular weight is 293 g/mol. The van der Waals surface area contributed by atoms with Gasteiger partial charge in [0.05, 0.1) is 12.6 Å². The van der Waals surface area contributed by atoms with Crippen molar-refractivity contribution in [1.82, 2.24) is 4.90 Å². The van der Waals surface area contributed by atoms with E-state index in [4.69, 9.17) is 15.5 Å². The Morgan fingerprint density at radius 3 is 2.58 bits per heavy atom. The molecule has 1 aliphatic heterocycles. The maximum Gasteiger partial charge on any atom is 0.272 e. The van der Waals surface area contributed by atoms with Gasteiger partial charge in [0.2, 0.25) is 5.91 Å². The largest absolute Gasteiger partial charge is 0.322 e. The van der Waals surface area contributed by atoms with Crippen LogP contribution in [0.3, 0.4) is 0 Å². The van der Waals surface area contributed by atoms with Gasteiger partial charge in [-0.15, -0.1) is 0 Å². The van der Waals surface area contributed by atoms with Crippen LogP contribution in [0.2, 0.25) is 0 Å². The van der Waals surface area contributed by atoms with Gasteiger partial charge < -0.3 is 10.6 Å². The van der Waals surface area contributed by atoms with Gasteiger partial charge in [0.25, 0.3) is 10.1 Å². The molecule has 0 radical (unpaired) electrons. The second-order valence-corrected chi connectivity index (χ2v) is 7.03. The molecule has 0 saturated carbocycles. The maximum atomic E-state index is 13.2. The van der Waals surface area contributed by atoms with Crippen LogP contribution in [0.15, 0.2) is 0 Å². The van der Waals surface area contributed by atoms with Gasteiger partial charge in [-0.2, -0.15) is 13.7 Å². The highest BCUT2D eigenvalue weighted by Gasteiger charge is 2.47. The zero-order valence-electron chi connectivity index (χ0n) is 10.6. The number of carbonyl (C=O) groups excluding carboxylic acids is 1. The molecule has 1 aliphatic rings. The number of halogens is 1. The fraction of sp³-hybridized carbons (Fsp3) is 0.800. The molecule has 0 spiro atoms. The highest BCUT2D eigenvalue weighted by atomic mass is 32.2. The van der Waals surface area contributed by atoms with E-state index in [0.29, 0.717) is 0 Å². The van der Waals surface area contributed by atoms with Crippen molar-refractivity contribution < 1.29 is 22.2 Å². The molecule has 0 aromatic carbocycles. The molecule has 108 valence electrons. The number of hydrogen-bond donors (Lipinski definition) is 2. The standard InChI is InChI=1S/C10H16FN3O4S/c1-10(2,19(16,17)18)8(13)9(15)14-5-6(11)3-7(14)4-12/h6-8H,3,5,13H2,1-2H3,(H,16,17,18). The zero-order chi connectivity index (χ0) is 15.0. The predicted octanol–water partition coefficient (Wildman–Crippen LogP) is -0.557. The molecule has 3 unspecified atom stereocenters. The number of likely N-dealkylation sites (tertiary alicyclic amines) is 1. The minimum absolute atomic E-state index is 0.124. The number of nitrogens with zero attached hydrogens (tertiary/aromatic N) is 2. The van der Waals surface area contributed by atoms with Gasteiger partial charge in [0, 0.05) is 6.42 Å². The van der Waals surface area contributed by atoms with Crippen molar-refractivity contribution in [1.29, 1.82) is 5.26 Å². The van der Waals surface area contributed by atoms with Crippen LogP contribution in [0.25, 0.3) is 0 Å². The Balaban J connectivity index is 2.99. The first-order valence-corrected chi connectivity index (χ1v) is 7.03. The quantitative estimate of drug-likeness (QED) is 0.672. The van der Waals surface area contributed by atoms with Crippen LogP contribution in [-0.4, -0.2) is 53.3 Å². The molecule has 3 atom stereocenters. The van der Waals surface area contributed by atoms with E-state index < -0.39 is 39.0 Å². The first-order chi connectivity index (χ1) is 8.52. The normalized spacial score (nSPS) is 26.0. The fourth-order valence-electron chi connectivity index (χ4n) is 1.79. The summed E-state index contributed by atoms with van der Waals surface area (Å²) in [5.41, 5.74) is 5.56. The molecule has 0 aliphatic carbocycles. The molecule has 0 aromatic rings. The highest BCUT2D eigenvalue weighted by molar-refractivity contribution is 7.87. The zero-order valence-corrected chi connectivity index (χ0v) is 11.4. The van der Waals surface area contributed by atoms with E-state index in [1.165, 1.54) is 0 Å². The van der Waals surface area contributed by atoms with E-state index in [-0.39, 0.29) is 13.0 Å². The van der Waals surface area contributed by atoms with E-state index in [0.717, 1.165) is 18.7 Å². The van der Waals surface area contributed by atoms with Crippen molar-refractivity contribution in [3.63, 3.8) is 0 Å². The molecule has 0 bridgehead atoms. The molecule has 7 nitrogen and oxygen atoms in total. The van der Waals surface area contributed by atoms with Crippen LogP contribution < -0.4 is 5.73 Å². The van der Waals surface area contributed by atoms with Crippen molar-refractivity contribution in [2.45, 2.75) is 43.3 Å². The number of carbonyl (C=O) groups is 1. The molecule has 0 aromatic heterocycles. The molecule has 19 heavy (non-hydrogen) atoms. The second-order valence-electron chi connectivity index (χ2n) is 5.02. The summed E-state index contributed by atoms with van der Waals surface area (Å²) in [5, 5.41) is 8.83. The lowest BCUT2D eigenvalue weighted by Gasteiger charge is -2.31. The molecule has 9 heteroatoms. The van der Waals surface area contributed by atoms with Crippen molar-refractivity contribution in [2.24, 2.45) is 5.73 Å². The maximum absolute atomic E-state index is 13.2. The number of rotatable bonds is 3. The Morgan fingerprint density at radius 1 is 1.63 bits per heavy atom. The van der Waals surface area contributed by atoms with Crippen LogP contribution >= 0.6 is 0 Å². The molecular weight excluding hydrogens is 277 g/mol. The summed E-state index contributed by atoms with van der Waals surface area (Å²) < 4.78 is 42.7. The second kappa shape index (κ2) is 5.03. The van der Waals surface area contributed by atoms with Gasteiger partial charge in [-0.25, -0.2) is 4.39 Å². The van der Waals surface area contributed by atoms with Crippen molar-refractivity contribution in [3.05, 3.63) is 0 Å². The lowest BCUT2D eigenvalue weighted by Crippen LogP contribution is -2.58. The number of hydrogen-bond acceptors (Lipinski definition) is 5. The van der Waals surface area contributed by atoms with Crippen molar-refractivity contribution in [2.75, 3.05) is 6.54 Å². The number of nitrogens with two attached hydrogens (primary N) is 1. The topological polar surface area (TPSA) is 124 Å². The van der Waals surface area contributed by atoms with Crippen LogP contribution in [0.1, 0.15) is 20.3 Å². The van der Waals surface area contributed by atoms with E-state index >= 15 is 0 Å². The monoisotopic (exact) mass is 293 g/mol. The molecule has 1 heterocycles. The van der Waals surface area contributed by atoms with Crippen molar-refractivity contribution in [3.8, 4) is 6.07 Å². The number of nitriles is 1. The summed E-state index contributed by atoms with van der Waals surface area (Å²) >= 11 is 0. The highest BCUT2D eigenvalue weighted by Crippen LogP contribution is 2.25. The first kappa shape index (κ1) is 15.8. The van der Waals surface area contributed by atoms with Gasteiger partial charge in [0.15, 0.2) is 0 Å². The Hall–Kier alpha value is -1.24. The molecule has 1 saturated heterocycles. The Bertz CT molecular complexity index is 513. The predicted molar refractivity (Wildman–Crippen MR) is 64.2 cm³/mol. The lowest BCUT2D eigenvalue weighted by molar-refractivity contribution is -0.133. The summed E-state index contributed by atoms with van der Waals surface area (Å²) in [5.74, 6) is -0.866. The average Bonchev–Trinajstić information content (AvgIpc) is 2.66. The Morgan fingerprint density at radius 2 is 2.16 bits per heavy atom. The SMILES string of the molecule is CC(C)(C(N)C(=O)N1CC(F)CC1C#N)S(=O)(=O)O. The molecule has 1 rings (SSSR count). The van der Waals surface area contributed by atoms with Crippen LogP contribution in [-0.2, 0) is 14.9 Å². The van der Waals surface area contributed by atoms with Gasteiger partial charge in [-0.1, -0.05) is 0 Å². The van der Waals surface area contributed by atoms with E-state index in [1.807, 2.05) is 0 Å². The third-order valence-electron chi connectivity index (χ3n) is 3.36. The third kappa shape index (κ3) is 2.86. The van der Waals surface area contributed by atoms with Gasteiger partial charge in [0.1, 0.15) is 23.0 Å². The summed E-state index contributed by atoms with van der Waals surface area (Å²) in [6, 6.07) is -0.779. The Kier molecular flexibility index (Phi) is 4.19. The van der Waals surface area contributed by atoms with Crippen molar-refractivity contribution >= 4 is 16.0 Å². The Labute approximate surface area is 110 Å². The minimum atomic E-state index is -4.56. The number of amides is 1. The summed E-state index contributed by atoms with van der Waals surface area (Å²) in [7, 11) is -4.56. The summed E-state index contributed by atoms with van der Waals surface area (Å²) in [6.07, 6.45) is -1.46. The molecule has 1 fully saturated rings. The van der Waals surface area contributed by atoms with Crippen LogP contribution in [0.5, 0.6) is 0 Å². The van der Waals surface area contributed by atoms with Gasteiger partial charge >= 0.3 is 0 Å². The minimum Gasteiger partial charge on any atom is -0.322 e. The fourth-order valence-corrected chi connectivity index (χ4v) is 2.21.